The minimum Gasteiger partial charge on any atom is -0.379 e. The van der Waals surface area contributed by atoms with Crippen LogP contribution >= 0.6 is 0 Å². The van der Waals surface area contributed by atoms with Crippen molar-refractivity contribution in [2.75, 3.05) is 26.3 Å². The summed E-state index contributed by atoms with van der Waals surface area (Å²) in [5.41, 5.74) is 7.92. The highest BCUT2D eigenvalue weighted by molar-refractivity contribution is 4.47. The average molecular weight is 172 g/mol. The molecule has 0 heterocycles. The molecule has 6 heteroatoms. The Hall–Kier alpha value is -1.13. The van der Waals surface area contributed by atoms with Gasteiger partial charge in [0.15, 0.2) is 0 Å². The van der Waals surface area contributed by atoms with Crippen molar-refractivity contribution in [2.45, 2.75) is 12.8 Å². The molecule has 0 aromatic rings. The maximum absolute atomic E-state index is 9.59. The minimum atomic E-state index is 0.205. The molecule has 0 aromatic heterocycles. The molecule has 0 radical (unpaired) electrons. The van der Waals surface area contributed by atoms with E-state index in [4.69, 9.17) is 10.3 Å². The van der Waals surface area contributed by atoms with Gasteiger partial charge in [-0.3, -0.25) is 0 Å². The van der Waals surface area contributed by atoms with Crippen molar-refractivity contribution in [1.82, 2.24) is 0 Å². The second-order valence-electron chi connectivity index (χ2n) is 2.13. The number of nitrogens with zero attached hydrogens (tertiary/aromatic N) is 4. The lowest BCUT2D eigenvalue weighted by Gasteiger charge is -1.98. The van der Waals surface area contributed by atoms with E-state index in [1.54, 1.807) is 0 Å². The highest BCUT2D eigenvalue weighted by atomic mass is 16.5. The summed E-state index contributed by atoms with van der Waals surface area (Å²) in [6.45, 7) is 1.68. The van der Waals surface area contributed by atoms with Gasteiger partial charge in [-0.25, -0.2) is 0 Å². The largest absolute Gasteiger partial charge is 0.379 e. The summed E-state index contributed by atoms with van der Waals surface area (Å²) in [6, 6.07) is 0. The molecule has 6 nitrogen and oxygen atoms in total. The summed E-state index contributed by atoms with van der Waals surface area (Å²) in [6.07, 6.45) is 1.66. The molecule has 0 rings (SSSR count). The first kappa shape index (κ1) is 10.9. The van der Waals surface area contributed by atoms with E-state index >= 15 is 0 Å². The second-order valence-corrected chi connectivity index (χ2v) is 2.13. The van der Waals surface area contributed by atoms with Crippen LogP contribution in [0.2, 0.25) is 0 Å². The minimum absolute atomic E-state index is 0.205. The molecular weight excluding hydrogens is 160 g/mol. The Morgan fingerprint density at radius 1 is 1.25 bits per heavy atom. The molecule has 68 valence electrons. The van der Waals surface area contributed by atoms with Gasteiger partial charge >= 0.3 is 0 Å². The number of azide groups is 1. The Bertz CT molecular complexity index is 156. The molecule has 0 aromatic carbocycles. The normalized spacial score (nSPS) is 9.00. The number of rotatable bonds is 8. The molecule has 0 spiro atoms. The second kappa shape index (κ2) is 9.87. The lowest BCUT2D eigenvalue weighted by atomic mass is 10.3. The topological polar surface area (TPSA) is 87.4 Å². The van der Waals surface area contributed by atoms with Crippen LogP contribution in [-0.4, -0.2) is 26.3 Å². The lowest BCUT2D eigenvalue weighted by Crippen LogP contribution is -1.99. The van der Waals surface area contributed by atoms with Gasteiger partial charge in [0.1, 0.15) is 6.54 Å². The molecule has 0 amide bonds. The van der Waals surface area contributed by atoms with E-state index in [0.29, 0.717) is 19.8 Å². The van der Waals surface area contributed by atoms with Crippen LogP contribution in [0.5, 0.6) is 0 Å². The maximum Gasteiger partial charge on any atom is 0.104 e. The smallest absolute Gasteiger partial charge is 0.104 e. The standard InChI is InChI=1S/C6H12N4O2/c7-10-8-3-1-2-5-12-6-4-9-11/h1-6H2. The van der Waals surface area contributed by atoms with Crippen LogP contribution in [0.3, 0.4) is 0 Å². The SMILES string of the molecule is [N-]=[N+]=NCCCCOCCN=O. The summed E-state index contributed by atoms with van der Waals surface area (Å²) in [7, 11) is 0. The van der Waals surface area contributed by atoms with E-state index in [-0.39, 0.29) is 6.54 Å². The van der Waals surface area contributed by atoms with Gasteiger partial charge in [-0.05, 0) is 18.4 Å². The molecule has 0 aliphatic rings. The Morgan fingerprint density at radius 2 is 2.08 bits per heavy atom. The zero-order chi connectivity index (χ0) is 9.07. The van der Waals surface area contributed by atoms with Gasteiger partial charge in [-0.2, -0.15) is 4.91 Å². The summed E-state index contributed by atoms with van der Waals surface area (Å²) in [5, 5.41) is 6.00. The first-order valence-corrected chi connectivity index (χ1v) is 3.79. The van der Waals surface area contributed by atoms with E-state index in [9.17, 15) is 4.91 Å². The van der Waals surface area contributed by atoms with E-state index < -0.39 is 0 Å². The molecule has 0 aliphatic carbocycles. The molecule has 0 fully saturated rings. The van der Waals surface area contributed by atoms with Crippen LogP contribution in [0.25, 0.3) is 10.4 Å². The third kappa shape index (κ3) is 8.87. The predicted molar refractivity (Wildman–Crippen MR) is 44.7 cm³/mol. The van der Waals surface area contributed by atoms with Crippen molar-refractivity contribution in [2.24, 2.45) is 10.3 Å². The van der Waals surface area contributed by atoms with Crippen molar-refractivity contribution in [3.05, 3.63) is 15.3 Å². The molecular formula is C6H12N4O2. The van der Waals surface area contributed by atoms with Gasteiger partial charge in [-0.1, -0.05) is 10.3 Å². The molecule has 0 bridgehead atoms. The third-order valence-electron chi connectivity index (χ3n) is 1.19. The molecule has 0 saturated heterocycles. The summed E-state index contributed by atoms with van der Waals surface area (Å²) in [4.78, 5) is 12.2. The molecule has 0 atom stereocenters. The maximum atomic E-state index is 9.59. The highest BCUT2D eigenvalue weighted by Gasteiger charge is 1.88. The van der Waals surface area contributed by atoms with Crippen LogP contribution in [-0.2, 0) is 4.74 Å². The number of hydrogen-bond donors (Lipinski definition) is 0. The molecule has 12 heavy (non-hydrogen) atoms. The number of unbranched alkanes of at least 4 members (excludes halogenated alkanes) is 1. The predicted octanol–water partition coefficient (Wildman–Crippen LogP) is 1.86. The summed E-state index contributed by atoms with van der Waals surface area (Å²) in [5.74, 6) is 0. The lowest BCUT2D eigenvalue weighted by molar-refractivity contribution is 0.138. The zero-order valence-electron chi connectivity index (χ0n) is 6.85. The van der Waals surface area contributed by atoms with Crippen LogP contribution in [0.1, 0.15) is 12.8 Å². The Balaban J connectivity index is 2.90. The fraction of sp³-hybridized carbons (Fsp3) is 1.00. The Labute approximate surface area is 70.5 Å². The molecule has 0 unspecified atom stereocenters. The van der Waals surface area contributed by atoms with E-state index in [1.165, 1.54) is 0 Å². The van der Waals surface area contributed by atoms with E-state index in [1.807, 2.05) is 0 Å². The van der Waals surface area contributed by atoms with Crippen molar-refractivity contribution in [3.63, 3.8) is 0 Å². The van der Waals surface area contributed by atoms with Gasteiger partial charge in [0.25, 0.3) is 0 Å². The van der Waals surface area contributed by atoms with Crippen LogP contribution in [0.4, 0.5) is 0 Å². The van der Waals surface area contributed by atoms with Gasteiger partial charge in [0, 0.05) is 18.1 Å². The van der Waals surface area contributed by atoms with Crippen molar-refractivity contribution >= 4 is 0 Å². The van der Waals surface area contributed by atoms with Crippen molar-refractivity contribution < 1.29 is 4.74 Å². The average Bonchev–Trinajstić information content (AvgIpc) is 2.10. The van der Waals surface area contributed by atoms with E-state index in [2.05, 4.69) is 15.2 Å². The number of hydrogen-bond acceptors (Lipinski definition) is 4. The van der Waals surface area contributed by atoms with Crippen molar-refractivity contribution in [3.8, 4) is 0 Å². The van der Waals surface area contributed by atoms with Crippen molar-refractivity contribution in [1.29, 1.82) is 0 Å². The Morgan fingerprint density at radius 3 is 2.75 bits per heavy atom. The highest BCUT2D eigenvalue weighted by Crippen LogP contribution is 1.90. The summed E-state index contributed by atoms with van der Waals surface area (Å²) < 4.78 is 5.03. The van der Waals surface area contributed by atoms with Gasteiger partial charge < -0.3 is 4.74 Å². The fourth-order valence-corrected chi connectivity index (χ4v) is 0.635. The van der Waals surface area contributed by atoms with Gasteiger partial charge in [0.05, 0.1) is 6.61 Å². The first-order chi connectivity index (χ1) is 5.91. The fourth-order valence-electron chi connectivity index (χ4n) is 0.635. The molecule has 0 aliphatic heterocycles. The van der Waals surface area contributed by atoms with Crippen LogP contribution in [0, 0.1) is 4.91 Å². The number of ether oxygens (including phenoxy) is 1. The third-order valence-corrected chi connectivity index (χ3v) is 1.19. The van der Waals surface area contributed by atoms with Crippen LogP contribution < -0.4 is 0 Å². The Kier molecular flexibility index (Phi) is 8.94. The summed E-state index contributed by atoms with van der Waals surface area (Å²) >= 11 is 0. The number of nitroso groups, excluding NO2 is 1. The quantitative estimate of drug-likeness (QED) is 0.184. The van der Waals surface area contributed by atoms with Gasteiger partial charge in [0.2, 0.25) is 0 Å². The molecule has 0 N–H and O–H groups in total. The van der Waals surface area contributed by atoms with E-state index in [0.717, 1.165) is 12.8 Å². The van der Waals surface area contributed by atoms with Gasteiger partial charge in [-0.15, -0.1) is 0 Å². The first-order valence-electron chi connectivity index (χ1n) is 3.79. The zero-order valence-corrected chi connectivity index (χ0v) is 6.85. The molecule has 0 saturated carbocycles. The monoisotopic (exact) mass is 172 g/mol. The van der Waals surface area contributed by atoms with Crippen LogP contribution in [0.15, 0.2) is 10.3 Å².